The van der Waals surface area contributed by atoms with Crippen LogP contribution in [0.25, 0.3) is 0 Å². The number of likely N-dealkylation sites (N-methyl/N-ethyl adjacent to an activating group) is 1. The standard InChI is InChI=1S/C17H37N3O3/c1-13(2)14(10-19-15(21)23-16(3,4)5)9-18-11-17(6,22)12-20(7)8/h13-14,18,22H,9-12H2,1-8H3,(H,19,21). The van der Waals surface area contributed by atoms with E-state index in [2.05, 4.69) is 24.5 Å². The predicted octanol–water partition coefficient (Wildman–Crippen LogP) is 1.69. The molecule has 0 saturated heterocycles. The lowest BCUT2D eigenvalue weighted by atomic mass is 9.95. The van der Waals surface area contributed by atoms with Crippen molar-refractivity contribution in [1.82, 2.24) is 15.5 Å². The summed E-state index contributed by atoms with van der Waals surface area (Å²) in [4.78, 5) is 13.7. The molecule has 23 heavy (non-hydrogen) atoms. The number of nitrogens with one attached hydrogen (secondary N) is 2. The predicted molar refractivity (Wildman–Crippen MR) is 94.6 cm³/mol. The molecule has 0 aliphatic rings. The van der Waals surface area contributed by atoms with Gasteiger partial charge in [0.15, 0.2) is 0 Å². The van der Waals surface area contributed by atoms with Gasteiger partial charge in [0, 0.05) is 26.2 Å². The molecule has 0 fully saturated rings. The second-order valence-electron chi connectivity index (χ2n) is 8.25. The Morgan fingerprint density at radius 3 is 2.17 bits per heavy atom. The quantitative estimate of drug-likeness (QED) is 0.599. The second kappa shape index (κ2) is 9.45. The molecule has 0 rings (SSSR count). The minimum Gasteiger partial charge on any atom is -0.444 e. The van der Waals surface area contributed by atoms with Gasteiger partial charge in [0.1, 0.15) is 5.60 Å². The van der Waals surface area contributed by atoms with Crippen molar-refractivity contribution in [1.29, 1.82) is 0 Å². The van der Waals surface area contributed by atoms with E-state index in [1.54, 1.807) is 0 Å². The van der Waals surface area contributed by atoms with Crippen LogP contribution in [0.1, 0.15) is 41.5 Å². The van der Waals surface area contributed by atoms with E-state index in [0.29, 0.717) is 25.6 Å². The van der Waals surface area contributed by atoms with Crippen molar-refractivity contribution in [2.45, 2.75) is 52.7 Å². The van der Waals surface area contributed by atoms with E-state index in [-0.39, 0.29) is 12.0 Å². The fraction of sp³-hybridized carbons (Fsp3) is 0.941. The smallest absolute Gasteiger partial charge is 0.407 e. The van der Waals surface area contributed by atoms with E-state index in [1.165, 1.54) is 0 Å². The highest BCUT2D eigenvalue weighted by molar-refractivity contribution is 5.67. The van der Waals surface area contributed by atoms with Gasteiger partial charge in [-0.05, 0) is 53.6 Å². The summed E-state index contributed by atoms with van der Waals surface area (Å²) in [5, 5.41) is 16.4. The molecule has 2 unspecified atom stereocenters. The van der Waals surface area contributed by atoms with E-state index < -0.39 is 11.2 Å². The second-order valence-corrected chi connectivity index (χ2v) is 8.25. The molecule has 0 radical (unpaired) electrons. The first-order valence-corrected chi connectivity index (χ1v) is 8.37. The number of alkyl carbamates (subject to hydrolysis) is 1. The van der Waals surface area contributed by atoms with Crippen LogP contribution in [-0.4, -0.2) is 67.6 Å². The first-order valence-electron chi connectivity index (χ1n) is 8.37. The van der Waals surface area contributed by atoms with Gasteiger partial charge in [-0.1, -0.05) is 13.8 Å². The number of ether oxygens (including phenoxy) is 1. The summed E-state index contributed by atoms with van der Waals surface area (Å²) in [5.74, 6) is 0.689. The zero-order valence-corrected chi connectivity index (χ0v) is 16.2. The third-order valence-electron chi connectivity index (χ3n) is 3.42. The molecule has 0 aromatic rings. The summed E-state index contributed by atoms with van der Waals surface area (Å²) in [5.41, 5.74) is -1.26. The number of hydrogen-bond donors (Lipinski definition) is 3. The van der Waals surface area contributed by atoms with E-state index >= 15 is 0 Å². The summed E-state index contributed by atoms with van der Waals surface area (Å²) >= 11 is 0. The van der Waals surface area contributed by atoms with Gasteiger partial charge in [0.2, 0.25) is 0 Å². The highest BCUT2D eigenvalue weighted by atomic mass is 16.6. The Balaban J connectivity index is 4.25. The topological polar surface area (TPSA) is 73.8 Å². The van der Waals surface area contributed by atoms with Gasteiger partial charge >= 0.3 is 6.09 Å². The van der Waals surface area contributed by atoms with E-state index in [0.717, 1.165) is 6.54 Å². The number of amides is 1. The van der Waals surface area contributed by atoms with Crippen LogP contribution in [0.2, 0.25) is 0 Å². The average Bonchev–Trinajstić information content (AvgIpc) is 2.28. The Morgan fingerprint density at radius 2 is 1.74 bits per heavy atom. The van der Waals surface area contributed by atoms with E-state index in [9.17, 15) is 9.90 Å². The lowest BCUT2D eigenvalue weighted by molar-refractivity contribution is 0.0321. The van der Waals surface area contributed by atoms with Crippen LogP contribution in [0.3, 0.4) is 0 Å². The Kier molecular flexibility index (Phi) is 9.10. The van der Waals surface area contributed by atoms with Crippen LogP contribution in [0.5, 0.6) is 0 Å². The van der Waals surface area contributed by atoms with Crippen molar-refractivity contribution in [3.8, 4) is 0 Å². The molecule has 0 bridgehead atoms. The van der Waals surface area contributed by atoms with Gasteiger partial charge < -0.3 is 25.4 Å². The van der Waals surface area contributed by atoms with Crippen molar-refractivity contribution in [3.63, 3.8) is 0 Å². The van der Waals surface area contributed by atoms with Crippen LogP contribution >= 0.6 is 0 Å². The molecule has 0 aromatic heterocycles. The van der Waals surface area contributed by atoms with Crippen molar-refractivity contribution < 1.29 is 14.6 Å². The minimum absolute atomic E-state index is 0.276. The maximum Gasteiger partial charge on any atom is 0.407 e. The van der Waals surface area contributed by atoms with E-state index in [1.807, 2.05) is 46.7 Å². The molecule has 3 N–H and O–H groups in total. The summed E-state index contributed by atoms with van der Waals surface area (Å²) in [6, 6.07) is 0. The van der Waals surface area contributed by atoms with Crippen molar-refractivity contribution >= 4 is 6.09 Å². The lowest BCUT2D eigenvalue weighted by Crippen LogP contribution is -2.47. The maximum atomic E-state index is 11.7. The van der Waals surface area contributed by atoms with E-state index in [4.69, 9.17) is 4.74 Å². The van der Waals surface area contributed by atoms with Gasteiger partial charge in [-0.25, -0.2) is 4.79 Å². The molecule has 2 atom stereocenters. The number of nitrogens with zero attached hydrogens (tertiary/aromatic N) is 1. The molecule has 0 aromatic carbocycles. The van der Waals surface area contributed by atoms with Gasteiger partial charge in [0.25, 0.3) is 0 Å². The Labute approximate surface area is 142 Å². The molecule has 1 amide bonds. The van der Waals surface area contributed by atoms with Crippen LogP contribution in [0.4, 0.5) is 4.79 Å². The van der Waals surface area contributed by atoms with Crippen LogP contribution < -0.4 is 10.6 Å². The van der Waals surface area contributed by atoms with Crippen LogP contribution in [0.15, 0.2) is 0 Å². The molecule has 138 valence electrons. The molecule has 6 nitrogen and oxygen atoms in total. The van der Waals surface area contributed by atoms with Crippen molar-refractivity contribution in [2.75, 3.05) is 40.3 Å². The van der Waals surface area contributed by atoms with Crippen LogP contribution in [-0.2, 0) is 4.74 Å². The maximum absolute atomic E-state index is 11.7. The Bertz CT molecular complexity index is 349. The number of aliphatic hydroxyl groups is 1. The fourth-order valence-electron chi connectivity index (χ4n) is 2.34. The van der Waals surface area contributed by atoms with Gasteiger partial charge in [-0.3, -0.25) is 0 Å². The molecule has 0 aliphatic carbocycles. The average molecular weight is 332 g/mol. The Morgan fingerprint density at radius 1 is 1.17 bits per heavy atom. The molecule has 6 heteroatoms. The normalized spacial score (nSPS) is 16.3. The monoisotopic (exact) mass is 331 g/mol. The lowest BCUT2D eigenvalue weighted by Gasteiger charge is -2.29. The molecule has 0 heterocycles. The third-order valence-corrected chi connectivity index (χ3v) is 3.42. The molecule has 0 aliphatic heterocycles. The highest BCUT2D eigenvalue weighted by Gasteiger charge is 2.23. The van der Waals surface area contributed by atoms with Crippen molar-refractivity contribution in [3.05, 3.63) is 0 Å². The van der Waals surface area contributed by atoms with Gasteiger partial charge in [-0.2, -0.15) is 0 Å². The number of carbonyl (C=O) groups excluding carboxylic acids is 1. The molecule has 0 spiro atoms. The largest absolute Gasteiger partial charge is 0.444 e. The summed E-state index contributed by atoms with van der Waals surface area (Å²) in [6.45, 7) is 14.0. The van der Waals surface area contributed by atoms with Gasteiger partial charge in [-0.15, -0.1) is 0 Å². The Hall–Kier alpha value is -0.850. The minimum atomic E-state index is -0.774. The molecular weight excluding hydrogens is 294 g/mol. The zero-order valence-electron chi connectivity index (χ0n) is 16.2. The number of hydrogen-bond acceptors (Lipinski definition) is 5. The summed E-state index contributed by atoms with van der Waals surface area (Å²) < 4.78 is 5.25. The highest BCUT2D eigenvalue weighted by Crippen LogP contribution is 2.11. The third kappa shape index (κ3) is 12.3. The van der Waals surface area contributed by atoms with Crippen LogP contribution in [0, 0.1) is 11.8 Å². The van der Waals surface area contributed by atoms with Crippen molar-refractivity contribution in [2.24, 2.45) is 11.8 Å². The fourth-order valence-corrected chi connectivity index (χ4v) is 2.34. The summed E-state index contributed by atoms with van der Waals surface area (Å²) in [6.07, 6.45) is -0.386. The summed E-state index contributed by atoms with van der Waals surface area (Å²) in [7, 11) is 3.88. The van der Waals surface area contributed by atoms with Gasteiger partial charge in [0.05, 0.1) is 5.60 Å². The molecule has 0 saturated carbocycles. The first-order chi connectivity index (χ1) is 10.3. The zero-order chi connectivity index (χ0) is 18.3. The molecular formula is C17H37N3O3. The SMILES string of the molecule is CC(C)C(CNCC(C)(O)CN(C)C)CNC(=O)OC(C)(C)C. The number of carbonyl (C=O) groups is 1. The first kappa shape index (κ1) is 22.1. The number of rotatable bonds is 9.